The minimum absolute atomic E-state index is 0.368. The molecular formula is C24H24FN7O. The summed E-state index contributed by atoms with van der Waals surface area (Å²) in [5.74, 6) is -0.660. The topological polar surface area (TPSA) is 91.8 Å². The Balaban J connectivity index is 1.41. The van der Waals surface area contributed by atoms with E-state index < -0.39 is 11.9 Å². The van der Waals surface area contributed by atoms with Crippen LogP contribution in [0.15, 0.2) is 60.9 Å². The van der Waals surface area contributed by atoms with E-state index in [9.17, 15) is 9.18 Å². The molecule has 0 bridgehead atoms. The van der Waals surface area contributed by atoms with Crippen LogP contribution in [0.2, 0.25) is 0 Å². The maximum Gasteiger partial charge on any atom is 0.248 e. The molecule has 2 aromatic heterocycles. The highest BCUT2D eigenvalue weighted by Gasteiger charge is 2.16. The Morgan fingerprint density at radius 2 is 1.73 bits per heavy atom. The first kappa shape index (κ1) is 20.9. The van der Waals surface area contributed by atoms with E-state index in [0.29, 0.717) is 22.7 Å². The van der Waals surface area contributed by atoms with Crippen molar-refractivity contribution in [1.29, 1.82) is 0 Å². The van der Waals surface area contributed by atoms with Crippen molar-refractivity contribution in [3.8, 4) is 11.3 Å². The van der Waals surface area contributed by atoms with Gasteiger partial charge in [-0.15, -0.1) is 0 Å². The second kappa shape index (κ2) is 8.51. The summed E-state index contributed by atoms with van der Waals surface area (Å²) in [5, 5.41) is 3.25. The van der Waals surface area contributed by atoms with Crippen molar-refractivity contribution in [2.45, 2.75) is 0 Å². The van der Waals surface area contributed by atoms with Crippen molar-refractivity contribution in [3.05, 3.63) is 72.4 Å². The highest BCUT2D eigenvalue weighted by Crippen LogP contribution is 2.27. The van der Waals surface area contributed by atoms with Crippen LogP contribution in [0, 0.1) is 5.95 Å². The molecule has 33 heavy (non-hydrogen) atoms. The second-order valence-electron chi connectivity index (χ2n) is 8.15. The van der Waals surface area contributed by atoms with Crippen molar-refractivity contribution in [2.24, 2.45) is 5.73 Å². The van der Waals surface area contributed by atoms with Crippen LogP contribution < -0.4 is 16.0 Å². The summed E-state index contributed by atoms with van der Waals surface area (Å²) in [6.45, 7) is 4.09. The first-order valence-corrected chi connectivity index (χ1v) is 10.7. The minimum atomic E-state index is -0.605. The van der Waals surface area contributed by atoms with Gasteiger partial charge in [0.15, 0.2) is 11.5 Å². The number of amides is 1. The molecule has 1 saturated heterocycles. The quantitative estimate of drug-likeness (QED) is 0.490. The van der Waals surface area contributed by atoms with Crippen LogP contribution >= 0.6 is 0 Å². The molecule has 8 nitrogen and oxygen atoms in total. The normalized spacial score (nSPS) is 14.5. The molecule has 1 aliphatic rings. The number of likely N-dealkylation sites (N-methyl/N-ethyl adjacent to an activating group) is 1. The molecule has 168 valence electrons. The molecule has 1 fully saturated rings. The number of carbonyl (C=O) groups is 1. The van der Waals surface area contributed by atoms with Crippen LogP contribution in [0.1, 0.15) is 10.4 Å². The van der Waals surface area contributed by atoms with Gasteiger partial charge >= 0.3 is 0 Å². The highest BCUT2D eigenvalue weighted by atomic mass is 19.1. The number of fused-ring (bicyclic) bond motifs is 1. The maximum absolute atomic E-state index is 14.1. The molecule has 0 saturated carbocycles. The fraction of sp³-hybridized carbons (Fsp3) is 0.208. The van der Waals surface area contributed by atoms with Gasteiger partial charge in [0.1, 0.15) is 0 Å². The molecule has 0 unspecified atom stereocenters. The van der Waals surface area contributed by atoms with Gasteiger partial charge in [0.2, 0.25) is 11.9 Å². The molecule has 3 heterocycles. The number of nitrogens with zero attached hydrogens (tertiary/aromatic N) is 5. The highest BCUT2D eigenvalue weighted by molar-refractivity contribution is 5.93. The fourth-order valence-electron chi connectivity index (χ4n) is 4.01. The molecular weight excluding hydrogens is 421 g/mol. The van der Waals surface area contributed by atoms with E-state index in [1.807, 2.05) is 12.1 Å². The van der Waals surface area contributed by atoms with Gasteiger partial charge in [0, 0.05) is 48.7 Å². The number of primary amides is 1. The van der Waals surface area contributed by atoms with Gasteiger partial charge in [-0.2, -0.15) is 9.37 Å². The first-order chi connectivity index (χ1) is 16.0. The first-order valence-electron chi connectivity index (χ1n) is 10.7. The van der Waals surface area contributed by atoms with Gasteiger partial charge < -0.3 is 20.9 Å². The number of piperazine rings is 1. The average molecular weight is 446 g/mol. The zero-order chi connectivity index (χ0) is 22.9. The number of hydrogen-bond donors (Lipinski definition) is 2. The Morgan fingerprint density at radius 3 is 2.39 bits per heavy atom. The number of carbonyl (C=O) groups excluding carboxylic acids is 1. The molecule has 0 radical (unpaired) electrons. The van der Waals surface area contributed by atoms with Crippen molar-refractivity contribution in [1.82, 2.24) is 19.3 Å². The molecule has 5 rings (SSSR count). The molecule has 9 heteroatoms. The summed E-state index contributed by atoms with van der Waals surface area (Å²) in [7, 11) is 2.14. The van der Waals surface area contributed by atoms with Gasteiger partial charge in [-0.05, 0) is 43.4 Å². The monoisotopic (exact) mass is 445 g/mol. The zero-order valence-corrected chi connectivity index (χ0v) is 18.2. The predicted octanol–water partition coefficient (Wildman–Crippen LogP) is 3.13. The summed E-state index contributed by atoms with van der Waals surface area (Å²) >= 11 is 0. The number of benzene rings is 2. The van der Waals surface area contributed by atoms with Gasteiger partial charge in [-0.25, -0.2) is 4.98 Å². The number of aromatic nitrogens is 3. The second-order valence-corrected chi connectivity index (χ2v) is 8.15. The van der Waals surface area contributed by atoms with Crippen molar-refractivity contribution >= 4 is 28.7 Å². The van der Waals surface area contributed by atoms with Crippen LogP contribution in [-0.2, 0) is 0 Å². The number of imidazole rings is 1. The fourth-order valence-corrected chi connectivity index (χ4v) is 4.01. The Bertz CT molecular complexity index is 1290. The Morgan fingerprint density at radius 1 is 1.03 bits per heavy atom. The molecule has 0 atom stereocenters. The summed E-state index contributed by atoms with van der Waals surface area (Å²) in [6, 6.07) is 14.9. The lowest BCUT2D eigenvalue weighted by atomic mass is 10.1. The van der Waals surface area contributed by atoms with Crippen LogP contribution in [-0.4, -0.2) is 58.4 Å². The van der Waals surface area contributed by atoms with E-state index in [4.69, 9.17) is 5.73 Å². The van der Waals surface area contributed by atoms with E-state index in [1.165, 1.54) is 11.9 Å². The number of nitrogens with two attached hydrogens (primary N) is 1. The van der Waals surface area contributed by atoms with Crippen LogP contribution in [0.5, 0.6) is 0 Å². The third-order valence-electron chi connectivity index (χ3n) is 5.93. The third kappa shape index (κ3) is 4.22. The Labute approximate surface area is 190 Å². The van der Waals surface area contributed by atoms with E-state index in [-0.39, 0.29) is 0 Å². The number of anilines is 3. The summed E-state index contributed by atoms with van der Waals surface area (Å²) < 4.78 is 15.8. The van der Waals surface area contributed by atoms with E-state index in [1.54, 1.807) is 34.9 Å². The predicted molar refractivity (Wildman–Crippen MR) is 126 cm³/mol. The summed E-state index contributed by atoms with van der Waals surface area (Å²) in [6.07, 6.45) is 2.96. The molecule has 4 aromatic rings. The maximum atomic E-state index is 14.1. The van der Waals surface area contributed by atoms with Gasteiger partial charge in [-0.3, -0.25) is 9.20 Å². The molecule has 1 aliphatic heterocycles. The Kier molecular flexibility index (Phi) is 5.39. The zero-order valence-electron chi connectivity index (χ0n) is 18.2. The van der Waals surface area contributed by atoms with Gasteiger partial charge in [0.25, 0.3) is 0 Å². The molecule has 2 aromatic carbocycles. The average Bonchev–Trinajstić information content (AvgIpc) is 3.22. The smallest absolute Gasteiger partial charge is 0.248 e. The number of nitrogens with one attached hydrogen (secondary N) is 1. The molecule has 0 aliphatic carbocycles. The lowest BCUT2D eigenvalue weighted by Gasteiger charge is -2.34. The van der Waals surface area contributed by atoms with Crippen molar-refractivity contribution in [3.63, 3.8) is 0 Å². The van der Waals surface area contributed by atoms with E-state index >= 15 is 0 Å². The summed E-state index contributed by atoms with van der Waals surface area (Å²) in [5.41, 5.74) is 9.51. The van der Waals surface area contributed by atoms with Crippen LogP contribution in [0.4, 0.5) is 21.6 Å². The van der Waals surface area contributed by atoms with Gasteiger partial charge in [0.05, 0.1) is 18.1 Å². The third-order valence-corrected chi connectivity index (χ3v) is 5.93. The van der Waals surface area contributed by atoms with Crippen molar-refractivity contribution < 1.29 is 9.18 Å². The largest absolute Gasteiger partial charge is 0.369 e. The van der Waals surface area contributed by atoms with Crippen LogP contribution in [0.25, 0.3) is 16.9 Å². The Hall–Kier alpha value is -3.98. The minimum Gasteiger partial charge on any atom is -0.369 e. The molecule has 0 spiro atoms. The van der Waals surface area contributed by atoms with Crippen molar-refractivity contribution in [2.75, 3.05) is 43.4 Å². The van der Waals surface area contributed by atoms with E-state index in [2.05, 4.69) is 44.3 Å². The number of halogens is 1. The SMILES string of the molecule is CN1CCN(c2ccc(Nc3ncc(-c4ccc(C(N)=O)cc4)n4cc(F)nc34)cc2)CC1. The standard InChI is InChI=1S/C24H24FN7O/c1-30-10-12-31(13-11-30)19-8-6-18(7-9-19)28-23-24-29-21(25)15-32(24)20(14-27-23)16-2-4-17(5-3-16)22(26)33/h2-9,14-15H,10-13H2,1H3,(H2,26,33)(H,27,28). The molecule has 3 N–H and O–H groups in total. The summed E-state index contributed by atoms with van der Waals surface area (Å²) in [4.78, 5) is 24.5. The van der Waals surface area contributed by atoms with Gasteiger partial charge in [-0.1, -0.05) is 12.1 Å². The van der Waals surface area contributed by atoms with E-state index in [0.717, 1.165) is 37.4 Å². The van der Waals surface area contributed by atoms with Crippen LogP contribution in [0.3, 0.4) is 0 Å². The molecule has 1 amide bonds. The lowest BCUT2D eigenvalue weighted by Crippen LogP contribution is -2.44. The lowest BCUT2D eigenvalue weighted by molar-refractivity contribution is 0.100. The number of rotatable bonds is 5. The number of hydrogen-bond acceptors (Lipinski definition) is 6.